The monoisotopic (exact) mass is 148 g/mol. The normalized spacial score (nSPS) is 22.3. The van der Waals surface area contributed by atoms with E-state index in [0.29, 0.717) is 0 Å². The van der Waals surface area contributed by atoms with Crippen molar-refractivity contribution in [3.8, 4) is 0 Å². The van der Waals surface area contributed by atoms with Crippen molar-refractivity contribution in [2.24, 2.45) is 5.92 Å². The average Bonchev–Trinajstić information content (AvgIpc) is 2.34. The molecule has 1 aliphatic rings. The first-order chi connectivity index (χ1) is 4.43. The Bertz CT molecular complexity index is 71.5. The van der Waals surface area contributed by atoms with Crippen molar-refractivity contribution < 1.29 is 9.42 Å². The van der Waals surface area contributed by atoms with Gasteiger partial charge in [0.2, 0.25) is 0 Å². The van der Waals surface area contributed by atoms with Crippen LogP contribution in [-0.4, -0.2) is 11.5 Å². The zero-order valence-electron chi connectivity index (χ0n) is 5.47. The quantitative estimate of drug-likeness (QED) is 0.617. The van der Waals surface area contributed by atoms with Crippen molar-refractivity contribution in [3.05, 3.63) is 0 Å². The second-order valence-electron chi connectivity index (χ2n) is 2.55. The highest BCUT2D eigenvalue weighted by atomic mass is 31.1. The van der Waals surface area contributed by atoms with Crippen LogP contribution in [0.1, 0.15) is 25.7 Å². The van der Waals surface area contributed by atoms with Crippen LogP contribution in [0.5, 0.6) is 0 Å². The lowest BCUT2D eigenvalue weighted by molar-refractivity contribution is 0.261. The van der Waals surface area contributed by atoms with Crippen LogP contribution in [0.25, 0.3) is 0 Å². The van der Waals surface area contributed by atoms with E-state index < -0.39 is 0 Å². The minimum Gasteiger partial charge on any atom is -0.352 e. The SMILES string of the molecule is OPOCC1CCCC1. The lowest BCUT2D eigenvalue weighted by Gasteiger charge is -2.05. The molecule has 1 saturated carbocycles. The first-order valence-electron chi connectivity index (χ1n) is 3.44. The van der Waals surface area contributed by atoms with Gasteiger partial charge in [0, 0.05) is 0 Å². The minimum atomic E-state index is -0.316. The van der Waals surface area contributed by atoms with E-state index in [0.717, 1.165) is 12.5 Å². The molecule has 1 unspecified atom stereocenters. The number of hydrogen-bond donors (Lipinski definition) is 1. The fraction of sp³-hybridized carbons (Fsp3) is 1.00. The fourth-order valence-corrected chi connectivity index (χ4v) is 1.64. The van der Waals surface area contributed by atoms with Crippen LogP contribution in [-0.2, 0) is 4.52 Å². The van der Waals surface area contributed by atoms with Gasteiger partial charge in [-0.2, -0.15) is 0 Å². The predicted molar refractivity (Wildman–Crippen MR) is 38.4 cm³/mol. The number of rotatable bonds is 3. The highest BCUT2D eigenvalue weighted by Gasteiger charge is 2.14. The maximum Gasteiger partial charge on any atom is 0.152 e. The summed E-state index contributed by atoms with van der Waals surface area (Å²) in [5.41, 5.74) is 0. The van der Waals surface area contributed by atoms with Gasteiger partial charge in [-0.1, -0.05) is 12.8 Å². The fourth-order valence-electron chi connectivity index (χ4n) is 1.33. The molecule has 0 aromatic rings. The summed E-state index contributed by atoms with van der Waals surface area (Å²) in [5.74, 6) is 0.740. The Morgan fingerprint density at radius 3 is 2.67 bits per heavy atom. The molecule has 0 saturated heterocycles. The summed E-state index contributed by atoms with van der Waals surface area (Å²) in [5, 5.41) is 0. The maximum absolute atomic E-state index is 8.33. The smallest absolute Gasteiger partial charge is 0.152 e. The van der Waals surface area contributed by atoms with Gasteiger partial charge in [0.1, 0.15) is 0 Å². The summed E-state index contributed by atoms with van der Waals surface area (Å²) in [6.07, 6.45) is 5.29. The Labute approximate surface area is 57.6 Å². The van der Waals surface area contributed by atoms with Gasteiger partial charge in [0.15, 0.2) is 9.03 Å². The topological polar surface area (TPSA) is 29.5 Å². The van der Waals surface area contributed by atoms with Crippen LogP contribution in [0.2, 0.25) is 0 Å². The molecule has 1 fully saturated rings. The Morgan fingerprint density at radius 1 is 1.44 bits per heavy atom. The maximum atomic E-state index is 8.33. The summed E-state index contributed by atoms with van der Waals surface area (Å²) in [4.78, 5) is 8.33. The predicted octanol–water partition coefficient (Wildman–Crippen LogP) is 1.69. The van der Waals surface area contributed by atoms with Crippen LogP contribution in [0.3, 0.4) is 0 Å². The van der Waals surface area contributed by atoms with Crippen molar-refractivity contribution in [1.29, 1.82) is 0 Å². The van der Waals surface area contributed by atoms with E-state index in [9.17, 15) is 0 Å². The molecule has 1 aliphatic carbocycles. The Kier molecular flexibility index (Phi) is 3.49. The third-order valence-electron chi connectivity index (χ3n) is 1.86. The van der Waals surface area contributed by atoms with Gasteiger partial charge in [-0.05, 0) is 18.8 Å². The number of hydrogen-bond acceptors (Lipinski definition) is 2. The summed E-state index contributed by atoms with van der Waals surface area (Å²) in [7, 11) is -0.316. The van der Waals surface area contributed by atoms with Gasteiger partial charge < -0.3 is 9.42 Å². The van der Waals surface area contributed by atoms with E-state index in [4.69, 9.17) is 9.42 Å². The second-order valence-corrected chi connectivity index (χ2v) is 3.02. The van der Waals surface area contributed by atoms with E-state index in [1.54, 1.807) is 0 Å². The Balaban J connectivity index is 1.98. The molecule has 54 valence electrons. The summed E-state index contributed by atoms with van der Waals surface area (Å²) < 4.78 is 4.90. The molecule has 1 rings (SSSR count). The van der Waals surface area contributed by atoms with Crippen molar-refractivity contribution in [3.63, 3.8) is 0 Å². The van der Waals surface area contributed by atoms with Crippen LogP contribution in [0.4, 0.5) is 0 Å². The van der Waals surface area contributed by atoms with Gasteiger partial charge in [0.25, 0.3) is 0 Å². The van der Waals surface area contributed by atoms with E-state index in [2.05, 4.69) is 0 Å². The largest absolute Gasteiger partial charge is 0.352 e. The molecule has 0 aromatic carbocycles. The molecule has 0 aromatic heterocycles. The molecule has 0 radical (unpaired) electrons. The molecule has 9 heavy (non-hydrogen) atoms. The molecule has 0 amide bonds. The highest BCUT2D eigenvalue weighted by molar-refractivity contribution is 7.24. The lowest BCUT2D eigenvalue weighted by Crippen LogP contribution is -1.99. The van der Waals surface area contributed by atoms with Crippen LogP contribution in [0.15, 0.2) is 0 Å². The summed E-state index contributed by atoms with van der Waals surface area (Å²) in [6, 6.07) is 0. The van der Waals surface area contributed by atoms with Crippen molar-refractivity contribution in [2.75, 3.05) is 6.61 Å². The van der Waals surface area contributed by atoms with Gasteiger partial charge in [-0.3, -0.25) is 0 Å². The van der Waals surface area contributed by atoms with E-state index in [1.807, 2.05) is 0 Å². The molecule has 0 aliphatic heterocycles. The Hall–Kier alpha value is 0.350. The third kappa shape index (κ3) is 2.61. The molecular weight excluding hydrogens is 135 g/mol. The van der Waals surface area contributed by atoms with Gasteiger partial charge in [-0.25, -0.2) is 0 Å². The van der Waals surface area contributed by atoms with E-state index in [1.165, 1.54) is 25.7 Å². The lowest BCUT2D eigenvalue weighted by atomic mass is 10.1. The van der Waals surface area contributed by atoms with Crippen molar-refractivity contribution >= 4 is 9.03 Å². The summed E-state index contributed by atoms with van der Waals surface area (Å²) >= 11 is 0. The molecule has 3 heteroatoms. The second kappa shape index (κ2) is 4.21. The standard InChI is InChI=1S/C6H13O2P/c7-9-8-5-6-3-1-2-4-6/h6-7,9H,1-5H2. The molecule has 0 spiro atoms. The highest BCUT2D eigenvalue weighted by Crippen LogP contribution is 2.26. The Morgan fingerprint density at radius 2 is 2.11 bits per heavy atom. The van der Waals surface area contributed by atoms with Gasteiger partial charge >= 0.3 is 0 Å². The molecule has 0 heterocycles. The molecule has 1 atom stereocenters. The third-order valence-corrected chi connectivity index (χ3v) is 2.15. The molecule has 1 N–H and O–H groups in total. The first kappa shape index (κ1) is 7.46. The minimum absolute atomic E-state index is 0.316. The van der Waals surface area contributed by atoms with Crippen molar-refractivity contribution in [2.45, 2.75) is 25.7 Å². The van der Waals surface area contributed by atoms with Gasteiger partial charge in [-0.15, -0.1) is 0 Å². The van der Waals surface area contributed by atoms with Crippen molar-refractivity contribution in [1.82, 2.24) is 0 Å². The molecular formula is C6H13O2P. The first-order valence-corrected chi connectivity index (χ1v) is 4.30. The zero-order valence-corrected chi connectivity index (χ0v) is 6.47. The van der Waals surface area contributed by atoms with Crippen LogP contribution >= 0.6 is 9.03 Å². The average molecular weight is 148 g/mol. The van der Waals surface area contributed by atoms with Crippen LogP contribution in [0, 0.1) is 5.92 Å². The summed E-state index contributed by atoms with van der Waals surface area (Å²) in [6.45, 7) is 0.773. The molecule has 2 nitrogen and oxygen atoms in total. The van der Waals surface area contributed by atoms with E-state index in [-0.39, 0.29) is 9.03 Å². The van der Waals surface area contributed by atoms with Crippen LogP contribution < -0.4 is 0 Å². The zero-order chi connectivity index (χ0) is 6.53. The van der Waals surface area contributed by atoms with E-state index >= 15 is 0 Å². The molecule has 0 bridgehead atoms. The van der Waals surface area contributed by atoms with Gasteiger partial charge in [0.05, 0.1) is 6.61 Å².